The lowest BCUT2D eigenvalue weighted by molar-refractivity contribution is -0.140. The van der Waals surface area contributed by atoms with Gasteiger partial charge in [-0.3, -0.25) is 14.6 Å². The number of carbonyl (C=O) groups excluding carboxylic acids is 2. The third-order valence-electron chi connectivity index (χ3n) is 5.39. The van der Waals surface area contributed by atoms with Crippen LogP contribution in [-0.4, -0.2) is 41.2 Å². The van der Waals surface area contributed by atoms with Crippen molar-refractivity contribution in [1.29, 1.82) is 0 Å². The first kappa shape index (κ1) is 21.9. The maximum absolute atomic E-state index is 13.0. The maximum Gasteiger partial charge on any atom is 0.306 e. The van der Waals surface area contributed by atoms with Crippen molar-refractivity contribution in [3.8, 4) is 23.0 Å². The fraction of sp³-hybridized carbons (Fsp3) is 0.160. The second-order valence-corrected chi connectivity index (χ2v) is 7.37. The first-order valence-electron chi connectivity index (χ1n) is 10.1. The number of nitrogens with zero attached hydrogens (tertiary/aromatic N) is 1. The van der Waals surface area contributed by atoms with Gasteiger partial charge in [0.2, 0.25) is 5.78 Å². The highest BCUT2D eigenvalue weighted by molar-refractivity contribution is 6.15. The van der Waals surface area contributed by atoms with Crippen molar-refractivity contribution in [2.45, 2.75) is 12.3 Å². The van der Waals surface area contributed by atoms with Crippen LogP contribution in [0.4, 0.5) is 0 Å². The summed E-state index contributed by atoms with van der Waals surface area (Å²) in [5.41, 5.74) is 1.72. The Kier molecular flexibility index (Phi) is 5.99. The topological polar surface area (TPSA) is 115 Å². The lowest BCUT2D eigenvalue weighted by Crippen LogP contribution is -2.11. The molecule has 3 aromatic rings. The van der Waals surface area contributed by atoms with Crippen LogP contribution in [0.2, 0.25) is 0 Å². The number of rotatable bonds is 6. The van der Waals surface area contributed by atoms with Gasteiger partial charge in [-0.05, 0) is 47.5 Å². The molecule has 0 saturated carbocycles. The average molecular weight is 447 g/mol. The number of phenolic OH excluding ortho intramolecular Hbond substituents is 2. The van der Waals surface area contributed by atoms with Crippen LogP contribution in [0.1, 0.15) is 39.4 Å². The molecule has 1 atom stereocenters. The van der Waals surface area contributed by atoms with Gasteiger partial charge in [0, 0.05) is 23.9 Å². The largest absolute Gasteiger partial charge is 0.508 e. The van der Waals surface area contributed by atoms with Crippen molar-refractivity contribution < 1.29 is 34.0 Å². The number of methoxy groups -OCH3 is 2. The predicted molar refractivity (Wildman–Crippen MR) is 118 cm³/mol. The predicted octanol–water partition coefficient (Wildman–Crippen LogP) is 3.81. The summed E-state index contributed by atoms with van der Waals surface area (Å²) in [5, 5.41) is 20.7. The van der Waals surface area contributed by atoms with E-state index in [9.17, 15) is 19.8 Å². The van der Waals surface area contributed by atoms with Crippen LogP contribution in [0.25, 0.3) is 6.08 Å². The minimum atomic E-state index is -0.654. The van der Waals surface area contributed by atoms with Crippen molar-refractivity contribution in [3.63, 3.8) is 0 Å². The zero-order valence-electron chi connectivity index (χ0n) is 17.9. The van der Waals surface area contributed by atoms with Crippen LogP contribution in [0.3, 0.4) is 0 Å². The van der Waals surface area contributed by atoms with E-state index in [0.29, 0.717) is 22.4 Å². The van der Waals surface area contributed by atoms with Gasteiger partial charge in [-0.25, -0.2) is 0 Å². The fourth-order valence-corrected chi connectivity index (χ4v) is 3.77. The Morgan fingerprint density at radius 3 is 2.64 bits per heavy atom. The summed E-state index contributed by atoms with van der Waals surface area (Å²) in [4.78, 5) is 29.3. The van der Waals surface area contributed by atoms with Crippen LogP contribution >= 0.6 is 0 Å². The van der Waals surface area contributed by atoms with Gasteiger partial charge in [0.1, 0.15) is 11.5 Å². The molecule has 168 valence electrons. The van der Waals surface area contributed by atoms with Crippen molar-refractivity contribution in [1.82, 2.24) is 4.98 Å². The highest BCUT2D eigenvalue weighted by Crippen LogP contribution is 2.46. The van der Waals surface area contributed by atoms with Gasteiger partial charge in [0.05, 0.1) is 26.2 Å². The second kappa shape index (κ2) is 9.04. The van der Waals surface area contributed by atoms with E-state index in [4.69, 9.17) is 14.2 Å². The monoisotopic (exact) mass is 447 g/mol. The van der Waals surface area contributed by atoms with E-state index < -0.39 is 11.9 Å². The Morgan fingerprint density at radius 2 is 1.97 bits per heavy atom. The molecular formula is C25H21NO7. The first-order chi connectivity index (χ1) is 15.9. The molecule has 0 saturated heterocycles. The molecule has 8 heteroatoms. The number of esters is 1. The molecule has 2 heterocycles. The fourth-order valence-electron chi connectivity index (χ4n) is 3.77. The first-order valence-corrected chi connectivity index (χ1v) is 10.1. The number of hydrogen-bond donors (Lipinski definition) is 2. The molecule has 0 radical (unpaired) electrons. The molecule has 0 amide bonds. The Balaban J connectivity index is 1.79. The molecule has 0 aliphatic carbocycles. The highest BCUT2D eigenvalue weighted by atomic mass is 16.5. The minimum Gasteiger partial charge on any atom is -0.508 e. The quantitative estimate of drug-likeness (QED) is 0.433. The Morgan fingerprint density at radius 1 is 1.15 bits per heavy atom. The number of ether oxygens (including phenoxy) is 3. The molecular weight excluding hydrogens is 426 g/mol. The van der Waals surface area contributed by atoms with Gasteiger partial charge in [-0.15, -0.1) is 0 Å². The van der Waals surface area contributed by atoms with Crippen molar-refractivity contribution >= 4 is 17.8 Å². The zero-order chi connectivity index (χ0) is 23.5. The van der Waals surface area contributed by atoms with E-state index in [2.05, 4.69) is 4.98 Å². The molecule has 0 bridgehead atoms. The van der Waals surface area contributed by atoms with E-state index in [0.717, 1.165) is 0 Å². The third-order valence-corrected chi connectivity index (χ3v) is 5.39. The second-order valence-electron chi connectivity index (χ2n) is 7.37. The SMILES string of the molecule is COC(=O)C[C@@H](c1cccnc1)c1c(O)ccc2c1O/C(=C\c1ccc(OC)c(O)c1)C2=O. The Bertz CT molecular complexity index is 1250. The molecule has 4 rings (SSSR count). The summed E-state index contributed by atoms with van der Waals surface area (Å²) in [6.07, 6.45) is 4.58. The molecule has 1 aliphatic rings. The number of fused-ring (bicyclic) bond motifs is 1. The van der Waals surface area contributed by atoms with Crippen molar-refractivity contribution in [2.75, 3.05) is 14.2 Å². The lowest BCUT2D eigenvalue weighted by Gasteiger charge is -2.20. The van der Waals surface area contributed by atoms with Crippen molar-refractivity contribution in [3.05, 3.63) is 82.9 Å². The number of ketones is 1. The average Bonchev–Trinajstić information content (AvgIpc) is 3.13. The number of allylic oxidation sites excluding steroid dienone is 1. The summed E-state index contributed by atoms with van der Waals surface area (Å²) in [6, 6.07) is 11.0. The molecule has 1 aromatic heterocycles. The van der Waals surface area contributed by atoms with Gasteiger partial charge in [-0.1, -0.05) is 12.1 Å². The van der Waals surface area contributed by atoms with E-state index in [-0.39, 0.29) is 40.8 Å². The third kappa shape index (κ3) is 4.23. The molecule has 33 heavy (non-hydrogen) atoms. The number of phenols is 2. The summed E-state index contributed by atoms with van der Waals surface area (Å²) in [7, 11) is 2.72. The number of benzene rings is 2. The molecule has 1 aliphatic heterocycles. The lowest BCUT2D eigenvalue weighted by atomic mass is 9.87. The molecule has 0 unspecified atom stereocenters. The molecule has 0 fully saturated rings. The maximum atomic E-state index is 13.0. The number of pyridine rings is 1. The van der Waals surface area contributed by atoms with Crippen LogP contribution in [0.5, 0.6) is 23.0 Å². The standard InChI is InChI=1S/C25H21NO7/c1-31-20-8-5-14(10-19(20)28)11-21-24(30)16-6-7-18(27)23(25(16)33-21)17(12-22(29)32-2)15-4-3-9-26-13-15/h3-11,13,17,27-28H,12H2,1-2H3/b21-11-/t17-/m0/s1. The number of Topliss-reactive ketones (excluding diaryl/α,β-unsaturated/α-hetero) is 1. The van der Waals surface area contributed by atoms with E-state index >= 15 is 0 Å². The molecule has 2 aromatic carbocycles. The number of hydrogen-bond acceptors (Lipinski definition) is 8. The highest BCUT2D eigenvalue weighted by Gasteiger charge is 2.35. The summed E-state index contributed by atoms with van der Waals surface area (Å²) >= 11 is 0. The minimum absolute atomic E-state index is 0.0180. The molecule has 8 nitrogen and oxygen atoms in total. The summed E-state index contributed by atoms with van der Waals surface area (Å²) in [5.74, 6) is -1.25. The van der Waals surface area contributed by atoms with Crippen LogP contribution in [0, 0.1) is 0 Å². The summed E-state index contributed by atoms with van der Waals surface area (Å²) in [6.45, 7) is 0. The van der Waals surface area contributed by atoms with Crippen LogP contribution in [0.15, 0.2) is 60.6 Å². The van der Waals surface area contributed by atoms with Gasteiger partial charge < -0.3 is 24.4 Å². The van der Waals surface area contributed by atoms with Crippen LogP contribution in [-0.2, 0) is 9.53 Å². The van der Waals surface area contributed by atoms with Gasteiger partial charge >= 0.3 is 5.97 Å². The smallest absolute Gasteiger partial charge is 0.306 e. The number of aromatic hydroxyl groups is 2. The van der Waals surface area contributed by atoms with Gasteiger partial charge in [0.25, 0.3) is 0 Å². The molecule has 2 N–H and O–H groups in total. The normalized spacial score (nSPS) is 14.5. The number of carbonyl (C=O) groups is 2. The van der Waals surface area contributed by atoms with E-state index in [1.54, 1.807) is 36.7 Å². The Labute approximate surface area is 189 Å². The summed E-state index contributed by atoms with van der Waals surface area (Å²) < 4.78 is 15.8. The molecule has 0 spiro atoms. The van der Waals surface area contributed by atoms with Gasteiger partial charge in [-0.2, -0.15) is 0 Å². The van der Waals surface area contributed by atoms with Crippen LogP contribution < -0.4 is 9.47 Å². The zero-order valence-corrected chi connectivity index (χ0v) is 17.9. The van der Waals surface area contributed by atoms with E-state index in [1.807, 2.05) is 0 Å². The van der Waals surface area contributed by atoms with Crippen molar-refractivity contribution in [2.24, 2.45) is 0 Å². The number of aromatic nitrogens is 1. The Hall–Kier alpha value is -4.33. The van der Waals surface area contributed by atoms with Gasteiger partial charge in [0.15, 0.2) is 17.3 Å². The van der Waals surface area contributed by atoms with E-state index in [1.165, 1.54) is 38.5 Å².